The van der Waals surface area contributed by atoms with E-state index in [9.17, 15) is 14.4 Å². The molecule has 6 heteroatoms. The van der Waals surface area contributed by atoms with Crippen molar-refractivity contribution < 1.29 is 29.7 Å². The number of aliphatic hydroxyl groups is 3. The SMILES string of the molecule is O=C[C@H](O)[C@@H](O)C(=O)C(=O)CO. The van der Waals surface area contributed by atoms with E-state index in [4.69, 9.17) is 15.3 Å². The molecule has 0 heterocycles. The lowest BCUT2D eigenvalue weighted by molar-refractivity contribution is -0.148. The van der Waals surface area contributed by atoms with E-state index in [1.54, 1.807) is 0 Å². The highest BCUT2D eigenvalue weighted by molar-refractivity contribution is 6.39. The molecule has 3 N–H and O–H groups in total. The zero-order valence-electron chi connectivity index (χ0n) is 6.01. The summed E-state index contributed by atoms with van der Waals surface area (Å²) < 4.78 is 0. The van der Waals surface area contributed by atoms with Gasteiger partial charge in [-0.25, -0.2) is 0 Å². The first-order chi connectivity index (χ1) is 5.54. The monoisotopic (exact) mass is 176 g/mol. The van der Waals surface area contributed by atoms with E-state index in [-0.39, 0.29) is 6.29 Å². The van der Waals surface area contributed by atoms with E-state index < -0.39 is 30.4 Å². The van der Waals surface area contributed by atoms with E-state index in [2.05, 4.69) is 0 Å². The number of aldehydes is 1. The van der Waals surface area contributed by atoms with Crippen molar-refractivity contribution in [3.8, 4) is 0 Å². The molecular formula is C6H8O6. The van der Waals surface area contributed by atoms with Gasteiger partial charge in [0.05, 0.1) is 0 Å². The summed E-state index contributed by atoms with van der Waals surface area (Å²) in [4.78, 5) is 30.8. The van der Waals surface area contributed by atoms with Crippen LogP contribution in [-0.2, 0) is 14.4 Å². The minimum atomic E-state index is -2.08. The van der Waals surface area contributed by atoms with Crippen molar-refractivity contribution in [2.75, 3.05) is 6.61 Å². The third-order valence-corrected chi connectivity index (χ3v) is 1.15. The van der Waals surface area contributed by atoms with Gasteiger partial charge < -0.3 is 20.1 Å². The zero-order valence-corrected chi connectivity index (χ0v) is 6.01. The summed E-state index contributed by atoms with van der Waals surface area (Å²) in [5, 5.41) is 25.5. The van der Waals surface area contributed by atoms with Crippen LogP contribution < -0.4 is 0 Å². The Bertz CT molecular complexity index is 198. The molecule has 12 heavy (non-hydrogen) atoms. The minimum absolute atomic E-state index is 0.0762. The predicted molar refractivity (Wildman–Crippen MR) is 35.2 cm³/mol. The molecule has 0 saturated heterocycles. The van der Waals surface area contributed by atoms with Crippen LogP contribution in [0, 0.1) is 0 Å². The molecule has 0 aromatic rings. The summed E-state index contributed by atoms with van der Waals surface area (Å²) in [5.74, 6) is -2.62. The summed E-state index contributed by atoms with van der Waals surface area (Å²) in [5.41, 5.74) is 0. The second-order valence-corrected chi connectivity index (χ2v) is 2.02. The molecule has 0 aromatic carbocycles. The first-order valence-corrected chi connectivity index (χ1v) is 3.04. The highest BCUT2D eigenvalue weighted by atomic mass is 16.3. The van der Waals surface area contributed by atoms with Crippen LogP contribution in [0.5, 0.6) is 0 Å². The first-order valence-electron chi connectivity index (χ1n) is 3.04. The third-order valence-electron chi connectivity index (χ3n) is 1.15. The molecule has 0 aliphatic heterocycles. The molecule has 2 atom stereocenters. The Hall–Kier alpha value is -1.11. The Kier molecular flexibility index (Phi) is 4.27. The molecule has 0 bridgehead atoms. The van der Waals surface area contributed by atoms with Gasteiger partial charge >= 0.3 is 0 Å². The molecule has 0 unspecified atom stereocenters. The largest absolute Gasteiger partial charge is 0.388 e. The lowest BCUT2D eigenvalue weighted by atomic mass is 10.1. The van der Waals surface area contributed by atoms with Crippen LogP contribution in [0.1, 0.15) is 0 Å². The van der Waals surface area contributed by atoms with Gasteiger partial charge in [0.15, 0.2) is 12.4 Å². The number of hydrogen-bond acceptors (Lipinski definition) is 6. The van der Waals surface area contributed by atoms with Crippen molar-refractivity contribution in [2.24, 2.45) is 0 Å². The molecule has 0 saturated carbocycles. The molecule has 68 valence electrons. The average molecular weight is 176 g/mol. The summed E-state index contributed by atoms with van der Waals surface area (Å²) in [6.07, 6.45) is -4.08. The van der Waals surface area contributed by atoms with E-state index >= 15 is 0 Å². The van der Waals surface area contributed by atoms with E-state index in [0.717, 1.165) is 0 Å². The Morgan fingerprint density at radius 1 is 1.33 bits per heavy atom. The summed E-state index contributed by atoms with van der Waals surface area (Å²) in [6.45, 7) is -1.05. The van der Waals surface area contributed by atoms with Gasteiger partial charge in [-0.3, -0.25) is 9.59 Å². The van der Waals surface area contributed by atoms with E-state index in [1.165, 1.54) is 0 Å². The zero-order chi connectivity index (χ0) is 9.72. The van der Waals surface area contributed by atoms with Crippen LogP contribution in [0.4, 0.5) is 0 Å². The van der Waals surface area contributed by atoms with Gasteiger partial charge in [-0.15, -0.1) is 0 Å². The Morgan fingerprint density at radius 2 is 1.83 bits per heavy atom. The molecule has 0 rings (SSSR count). The van der Waals surface area contributed by atoms with Crippen LogP contribution >= 0.6 is 0 Å². The normalized spacial score (nSPS) is 14.9. The maximum Gasteiger partial charge on any atom is 0.232 e. The Morgan fingerprint density at radius 3 is 2.17 bits per heavy atom. The predicted octanol–water partition coefficient (Wildman–Crippen LogP) is -2.96. The quantitative estimate of drug-likeness (QED) is 0.305. The third kappa shape index (κ3) is 2.50. The van der Waals surface area contributed by atoms with E-state index in [0.29, 0.717) is 0 Å². The lowest BCUT2D eigenvalue weighted by Crippen LogP contribution is -2.40. The maximum atomic E-state index is 10.6. The van der Waals surface area contributed by atoms with Gasteiger partial charge in [0, 0.05) is 0 Å². The van der Waals surface area contributed by atoms with Gasteiger partial charge in [-0.05, 0) is 0 Å². The van der Waals surface area contributed by atoms with Gasteiger partial charge in [-0.2, -0.15) is 0 Å². The highest BCUT2D eigenvalue weighted by Crippen LogP contribution is 1.93. The van der Waals surface area contributed by atoms with Gasteiger partial charge in [-0.1, -0.05) is 0 Å². The Labute approximate surface area is 67.4 Å². The van der Waals surface area contributed by atoms with Crippen molar-refractivity contribution in [1.82, 2.24) is 0 Å². The molecule has 0 fully saturated rings. The van der Waals surface area contributed by atoms with Crippen LogP contribution in [0.15, 0.2) is 0 Å². The molecule has 0 aliphatic rings. The summed E-state index contributed by atoms with van der Waals surface area (Å²) in [7, 11) is 0. The van der Waals surface area contributed by atoms with Crippen molar-refractivity contribution in [1.29, 1.82) is 0 Å². The molecule has 0 aliphatic carbocycles. The fourth-order valence-electron chi connectivity index (χ4n) is 0.472. The topological polar surface area (TPSA) is 112 Å². The average Bonchev–Trinajstić information content (AvgIpc) is 2.12. The summed E-state index contributed by atoms with van der Waals surface area (Å²) >= 11 is 0. The number of hydrogen-bond donors (Lipinski definition) is 3. The molecular weight excluding hydrogens is 168 g/mol. The highest BCUT2D eigenvalue weighted by Gasteiger charge is 2.28. The first kappa shape index (κ1) is 10.9. The standard InChI is InChI=1S/C6H8O6/c7-1-3(9)5(11)6(12)4(10)2-8/h1,3,5,8-9,11H,2H2/t3-,5+/m0/s1. The van der Waals surface area contributed by atoms with Crippen molar-refractivity contribution in [2.45, 2.75) is 12.2 Å². The van der Waals surface area contributed by atoms with Crippen molar-refractivity contribution >= 4 is 17.9 Å². The van der Waals surface area contributed by atoms with Crippen molar-refractivity contribution in [3.63, 3.8) is 0 Å². The Balaban J connectivity index is 4.28. The lowest BCUT2D eigenvalue weighted by Gasteiger charge is -2.08. The number of carbonyl (C=O) groups excluding carboxylic acids is 3. The van der Waals surface area contributed by atoms with Crippen LogP contribution in [0.25, 0.3) is 0 Å². The van der Waals surface area contributed by atoms with Gasteiger partial charge in [0.2, 0.25) is 11.6 Å². The van der Waals surface area contributed by atoms with Crippen LogP contribution in [0.3, 0.4) is 0 Å². The molecule has 0 spiro atoms. The van der Waals surface area contributed by atoms with E-state index in [1.807, 2.05) is 0 Å². The molecule has 0 aromatic heterocycles. The number of carbonyl (C=O) groups is 3. The minimum Gasteiger partial charge on any atom is -0.388 e. The second kappa shape index (κ2) is 4.70. The molecule has 6 nitrogen and oxygen atoms in total. The van der Waals surface area contributed by atoms with Crippen LogP contribution in [0.2, 0.25) is 0 Å². The number of ketones is 2. The van der Waals surface area contributed by atoms with Gasteiger partial charge in [0.25, 0.3) is 0 Å². The van der Waals surface area contributed by atoms with Crippen LogP contribution in [-0.4, -0.2) is 52.0 Å². The maximum absolute atomic E-state index is 10.6. The number of Topliss-reactive ketones (excluding diaryl/α,β-unsaturated/α-hetero) is 2. The smallest absolute Gasteiger partial charge is 0.232 e. The van der Waals surface area contributed by atoms with Crippen molar-refractivity contribution in [3.05, 3.63) is 0 Å². The van der Waals surface area contributed by atoms with Gasteiger partial charge in [0.1, 0.15) is 12.7 Å². The number of rotatable bonds is 5. The molecule has 0 radical (unpaired) electrons. The second-order valence-electron chi connectivity index (χ2n) is 2.02. The summed E-state index contributed by atoms with van der Waals surface area (Å²) in [6, 6.07) is 0. The fraction of sp³-hybridized carbons (Fsp3) is 0.500. The fourth-order valence-corrected chi connectivity index (χ4v) is 0.472. The molecule has 0 amide bonds. The number of aliphatic hydroxyl groups excluding tert-OH is 3.